The van der Waals surface area contributed by atoms with Gasteiger partial charge in [-0.25, -0.2) is 0 Å². The van der Waals surface area contributed by atoms with Crippen molar-refractivity contribution in [1.82, 2.24) is 10.2 Å². The Bertz CT molecular complexity index is 900. The highest BCUT2D eigenvalue weighted by molar-refractivity contribution is 5.82. The van der Waals surface area contributed by atoms with Gasteiger partial charge in [-0.15, -0.1) is 0 Å². The minimum atomic E-state index is -0.663. The zero-order valence-corrected chi connectivity index (χ0v) is 19.6. The molecule has 1 atom stereocenters. The fraction of sp³-hybridized carbons (Fsp3) is 0.500. The highest BCUT2D eigenvalue weighted by Gasteiger charge is 2.18. The van der Waals surface area contributed by atoms with Gasteiger partial charge in [0.25, 0.3) is 0 Å². The van der Waals surface area contributed by atoms with Crippen molar-refractivity contribution in [3.05, 3.63) is 58.1 Å². The van der Waals surface area contributed by atoms with Crippen LogP contribution in [0.2, 0.25) is 0 Å². The number of rotatable bonds is 9. The Morgan fingerprint density at radius 1 is 1.16 bits per heavy atom. The predicted octanol–water partition coefficient (Wildman–Crippen LogP) is 3.58. The number of nitrogens with one attached hydrogen (secondary N) is 1. The van der Waals surface area contributed by atoms with Gasteiger partial charge in [0, 0.05) is 18.7 Å². The summed E-state index contributed by atoms with van der Waals surface area (Å²) in [5.41, 5.74) is 11.3. The summed E-state index contributed by atoms with van der Waals surface area (Å²) in [6.07, 6.45) is 4.27. The summed E-state index contributed by atoms with van der Waals surface area (Å²) in [7, 11) is 0. The maximum Gasteiger partial charge on any atom is 0.237 e. The molecule has 1 heterocycles. The molecule has 3 rings (SSSR count). The van der Waals surface area contributed by atoms with Crippen LogP contribution in [0.5, 0.6) is 11.5 Å². The quantitative estimate of drug-likeness (QED) is 0.556. The van der Waals surface area contributed by atoms with E-state index < -0.39 is 6.04 Å². The maximum atomic E-state index is 12.7. The molecule has 0 saturated carbocycles. The van der Waals surface area contributed by atoms with Crippen LogP contribution in [0.3, 0.4) is 0 Å². The molecule has 6 heteroatoms. The Labute approximate surface area is 191 Å². The number of ether oxygens (including phenoxy) is 1. The summed E-state index contributed by atoms with van der Waals surface area (Å²) in [5.74, 6) is 0.837. The number of piperidine rings is 1. The Morgan fingerprint density at radius 2 is 1.84 bits per heavy atom. The summed E-state index contributed by atoms with van der Waals surface area (Å²) in [5, 5.41) is 12.7. The summed E-state index contributed by atoms with van der Waals surface area (Å²) < 4.78 is 5.79. The van der Waals surface area contributed by atoms with Gasteiger partial charge in [-0.05, 0) is 99.6 Å². The molecule has 4 N–H and O–H groups in total. The van der Waals surface area contributed by atoms with Gasteiger partial charge < -0.3 is 20.9 Å². The monoisotopic (exact) mass is 439 g/mol. The van der Waals surface area contributed by atoms with E-state index in [9.17, 15) is 9.90 Å². The van der Waals surface area contributed by atoms with Gasteiger partial charge in [0.1, 0.15) is 11.5 Å². The molecule has 0 aromatic heterocycles. The number of nitrogens with two attached hydrogens (primary N) is 1. The lowest BCUT2D eigenvalue weighted by molar-refractivity contribution is -0.122. The van der Waals surface area contributed by atoms with E-state index in [0.717, 1.165) is 47.6 Å². The number of aryl methyl sites for hydroxylation is 2. The lowest BCUT2D eigenvalue weighted by Crippen LogP contribution is -2.42. The Hall–Kier alpha value is -2.57. The van der Waals surface area contributed by atoms with Gasteiger partial charge in [-0.1, -0.05) is 12.5 Å². The van der Waals surface area contributed by atoms with E-state index in [-0.39, 0.29) is 11.7 Å². The Morgan fingerprint density at radius 3 is 2.50 bits per heavy atom. The maximum absolute atomic E-state index is 12.7. The number of carbonyl (C=O) groups excluding carboxylic acids is 1. The lowest BCUT2D eigenvalue weighted by atomic mass is 9.96. The summed E-state index contributed by atoms with van der Waals surface area (Å²) >= 11 is 0. The molecule has 174 valence electrons. The van der Waals surface area contributed by atoms with E-state index in [1.54, 1.807) is 12.1 Å². The number of phenolic OH excluding ortho intramolecular Hbond substituents is 1. The topological polar surface area (TPSA) is 87.8 Å². The predicted molar refractivity (Wildman–Crippen MR) is 128 cm³/mol. The van der Waals surface area contributed by atoms with Crippen LogP contribution in [0, 0.1) is 13.8 Å². The highest BCUT2D eigenvalue weighted by atomic mass is 16.5. The second-order valence-electron chi connectivity index (χ2n) is 8.80. The zero-order valence-electron chi connectivity index (χ0n) is 19.6. The van der Waals surface area contributed by atoms with Crippen LogP contribution in [0.15, 0.2) is 30.3 Å². The number of benzene rings is 2. The second-order valence-corrected chi connectivity index (χ2v) is 8.80. The van der Waals surface area contributed by atoms with E-state index in [1.165, 1.54) is 24.8 Å². The number of hydrogen-bond donors (Lipinski definition) is 3. The molecule has 0 spiro atoms. The Balaban J connectivity index is 1.64. The number of nitrogens with zero attached hydrogens (tertiary/aromatic N) is 1. The van der Waals surface area contributed by atoms with E-state index in [2.05, 4.69) is 22.3 Å². The SMILES string of the molecule is CCOc1ccc(CN2CCCCC2)cc1CNC(=O)[C@@H](N)Cc1c(C)cc(O)cc1C. The van der Waals surface area contributed by atoms with Crippen molar-refractivity contribution in [2.45, 2.75) is 65.6 Å². The molecular formula is C26H37N3O3. The minimum Gasteiger partial charge on any atom is -0.508 e. The van der Waals surface area contributed by atoms with Crippen molar-refractivity contribution in [3.8, 4) is 11.5 Å². The van der Waals surface area contributed by atoms with Crippen LogP contribution in [-0.4, -0.2) is 41.7 Å². The molecule has 32 heavy (non-hydrogen) atoms. The first-order chi connectivity index (χ1) is 15.4. The van der Waals surface area contributed by atoms with E-state index in [1.807, 2.05) is 26.8 Å². The standard InChI is InChI=1S/C26H37N3O3/c1-4-32-25-9-8-20(17-29-10-6-5-7-11-29)14-21(25)16-28-26(31)24(27)15-23-18(2)12-22(30)13-19(23)3/h8-9,12-14,24,30H,4-7,10-11,15-17,27H2,1-3H3,(H,28,31)/t24-/m0/s1. The molecule has 0 bridgehead atoms. The first kappa shape index (κ1) is 24.1. The van der Waals surface area contributed by atoms with E-state index in [4.69, 9.17) is 10.5 Å². The normalized spacial score (nSPS) is 15.4. The number of amides is 1. The lowest BCUT2D eigenvalue weighted by Gasteiger charge is -2.26. The average molecular weight is 440 g/mol. The van der Waals surface area contributed by atoms with Crippen molar-refractivity contribution >= 4 is 5.91 Å². The molecule has 1 aliphatic heterocycles. The van der Waals surface area contributed by atoms with Crippen molar-refractivity contribution in [3.63, 3.8) is 0 Å². The van der Waals surface area contributed by atoms with E-state index >= 15 is 0 Å². The van der Waals surface area contributed by atoms with Gasteiger partial charge >= 0.3 is 0 Å². The molecule has 1 saturated heterocycles. The number of hydrogen-bond acceptors (Lipinski definition) is 5. The zero-order chi connectivity index (χ0) is 23.1. The first-order valence-corrected chi connectivity index (χ1v) is 11.7. The van der Waals surface area contributed by atoms with Gasteiger partial charge in [0.05, 0.1) is 12.6 Å². The molecule has 6 nitrogen and oxygen atoms in total. The Kier molecular flexibility index (Phi) is 8.53. The fourth-order valence-corrected chi connectivity index (χ4v) is 4.46. The second kappa shape index (κ2) is 11.3. The van der Waals surface area contributed by atoms with Gasteiger partial charge in [-0.2, -0.15) is 0 Å². The smallest absolute Gasteiger partial charge is 0.237 e. The first-order valence-electron chi connectivity index (χ1n) is 11.7. The highest BCUT2D eigenvalue weighted by Crippen LogP contribution is 2.24. The molecule has 1 aliphatic rings. The average Bonchev–Trinajstić information content (AvgIpc) is 2.76. The third-order valence-corrected chi connectivity index (χ3v) is 6.17. The van der Waals surface area contributed by atoms with Gasteiger partial charge in [-0.3, -0.25) is 9.69 Å². The van der Waals surface area contributed by atoms with Crippen molar-refractivity contribution < 1.29 is 14.6 Å². The molecule has 2 aromatic carbocycles. The fourth-order valence-electron chi connectivity index (χ4n) is 4.46. The number of phenols is 1. The van der Waals surface area contributed by atoms with Crippen LogP contribution in [-0.2, 0) is 24.3 Å². The third-order valence-electron chi connectivity index (χ3n) is 6.17. The number of carbonyl (C=O) groups is 1. The molecule has 0 unspecified atom stereocenters. The summed E-state index contributed by atoms with van der Waals surface area (Å²) in [4.78, 5) is 15.2. The number of likely N-dealkylation sites (tertiary alicyclic amines) is 1. The van der Waals surface area contributed by atoms with E-state index in [0.29, 0.717) is 19.6 Å². The third kappa shape index (κ3) is 6.47. The minimum absolute atomic E-state index is 0.194. The molecule has 0 aliphatic carbocycles. The molecule has 1 amide bonds. The van der Waals surface area contributed by atoms with Crippen LogP contribution < -0.4 is 15.8 Å². The largest absolute Gasteiger partial charge is 0.508 e. The molecule has 0 radical (unpaired) electrons. The molecular weight excluding hydrogens is 402 g/mol. The van der Waals surface area contributed by atoms with Crippen molar-refractivity contribution in [2.24, 2.45) is 5.73 Å². The van der Waals surface area contributed by atoms with Crippen LogP contribution in [0.1, 0.15) is 54.0 Å². The van der Waals surface area contributed by atoms with Crippen LogP contribution >= 0.6 is 0 Å². The summed E-state index contributed by atoms with van der Waals surface area (Å²) in [6, 6.07) is 9.01. The van der Waals surface area contributed by atoms with Crippen LogP contribution in [0.25, 0.3) is 0 Å². The van der Waals surface area contributed by atoms with Crippen molar-refractivity contribution in [1.29, 1.82) is 0 Å². The summed E-state index contributed by atoms with van der Waals surface area (Å²) in [6.45, 7) is 9.97. The van der Waals surface area contributed by atoms with Gasteiger partial charge in [0.2, 0.25) is 5.91 Å². The number of aromatic hydroxyl groups is 1. The molecule has 2 aromatic rings. The van der Waals surface area contributed by atoms with Crippen molar-refractivity contribution in [2.75, 3.05) is 19.7 Å². The van der Waals surface area contributed by atoms with Gasteiger partial charge in [0.15, 0.2) is 0 Å². The molecule has 1 fully saturated rings. The van der Waals surface area contributed by atoms with Crippen LogP contribution in [0.4, 0.5) is 0 Å².